The Morgan fingerprint density at radius 1 is 1.22 bits per heavy atom. The molecule has 0 radical (unpaired) electrons. The molecule has 11 nitrogen and oxygen atoms in total. The van der Waals surface area contributed by atoms with Gasteiger partial charge in [0.05, 0.1) is 16.3 Å². The van der Waals surface area contributed by atoms with E-state index >= 15 is 0 Å². The Bertz CT molecular complexity index is 1950. The third-order valence-corrected chi connectivity index (χ3v) is 8.65. The molecular weight excluding hydrogens is 615 g/mol. The average Bonchev–Trinajstić information content (AvgIpc) is 3.62. The molecule has 15 heteroatoms. The average molecular weight is 642 g/mol. The molecule has 0 bridgehead atoms. The summed E-state index contributed by atoms with van der Waals surface area (Å²) >= 11 is 6.08. The number of hydrogen-bond donors (Lipinski definition) is 2. The Kier molecular flexibility index (Phi) is 7.42. The van der Waals surface area contributed by atoms with Crippen molar-refractivity contribution in [1.82, 2.24) is 29.0 Å². The predicted octanol–water partition coefficient (Wildman–Crippen LogP) is 4.46. The molecule has 4 heterocycles. The number of likely N-dealkylation sites (tertiary alicyclic amines) is 1. The molecule has 1 unspecified atom stereocenters. The zero-order chi connectivity index (χ0) is 32.3. The molecular formula is C30H27ClF3N7O4. The smallest absolute Gasteiger partial charge is 0.416 e. The molecule has 1 saturated heterocycles. The van der Waals surface area contributed by atoms with Gasteiger partial charge in [0.15, 0.2) is 11.5 Å². The highest BCUT2D eigenvalue weighted by atomic mass is 35.5. The van der Waals surface area contributed by atoms with E-state index in [9.17, 15) is 32.7 Å². The van der Waals surface area contributed by atoms with Gasteiger partial charge in [0.25, 0.3) is 11.5 Å². The van der Waals surface area contributed by atoms with E-state index in [0.717, 1.165) is 22.7 Å². The summed E-state index contributed by atoms with van der Waals surface area (Å²) in [5.41, 5.74) is -0.761. The van der Waals surface area contributed by atoms with Crippen LogP contribution in [-0.2, 0) is 29.4 Å². The predicted molar refractivity (Wildman–Crippen MR) is 158 cm³/mol. The topological polar surface area (TPSA) is 135 Å². The third kappa shape index (κ3) is 5.32. The summed E-state index contributed by atoms with van der Waals surface area (Å²) in [5, 5.41) is 16.9. The summed E-state index contributed by atoms with van der Waals surface area (Å²) in [4.78, 5) is 50.9. The summed E-state index contributed by atoms with van der Waals surface area (Å²) in [6.45, 7) is 5.70. The van der Waals surface area contributed by atoms with E-state index in [-0.39, 0.29) is 46.8 Å². The number of halogens is 4. The minimum Gasteiger partial charge on any atom is -0.505 e. The fourth-order valence-corrected chi connectivity index (χ4v) is 6.48. The first-order valence-electron chi connectivity index (χ1n) is 14.1. The van der Waals surface area contributed by atoms with Crippen LogP contribution in [0.5, 0.6) is 5.75 Å². The first kappa shape index (κ1) is 30.3. The van der Waals surface area contributed by atoms with Gasteiger partial charge in [-0.05, 0) is 68.5 Å². The van der Waals surface area contributed by atoms with Crippen molar-refractivity contribution < 1.29 is 27.9 Å². The summed E-state index contributed by atoms with van der Waals surface area (Å²) in [6.07, 6.45) is -1.06. The third-order valence-electron chi connectivity index (χ3n) is 8.34. The number of carbonyl (C=O) groups is 2. The maximum absolute atomic E-state index is 14.1. The van der Waals surface area contributed by atoms with Crippen LogP contribution >= 0.6 is 11.6 Å². The van der Waals surface area contributed by atoms with Crippen molar-refractivity contribution in [3.63, 3.8) is 0 Å². The van der Waals surface area contributed by atoms with Crippen molar-refractivity contribution in [3.8, 4) is 5.75 Å². The molecule has 6 rings (SSSR count). The first-order valence-corrected chi connectivity index (χ1v) is 14.5. The second kappa shape index (κ2) is 11.0. The molecule has 1 spiro atoms. The van der Waals surface area contributed by atoms with Crippen LogP contribution < -0.4 is 10.9 Å². The Balaban J connectivity index is 1.40. The van der Waals surface area contributed by atoms with Gasteiger partial charge in [-0.2, -0.15) is 22.7 Å². The number of carbonyl (C=O) groups excluding carboxylic acids is 2. The number of amides is 2. The van der Waals surface area contributed by atoms with Gasteiger partial charge in [-0.3, -0.25) is 14.4 Å². The van der Waals surface area contributed by atoms with E-state index in [1.54, 1.807) is 16.4 Å². The number of pyridine rings is 1. The Morgan fingerprint density at radius 2 is 2.00 bits per heavy atom. The van der Waals surface area contributed by atoms with Gasteiger partial charge >= 0.3 is 6.18 Å². The van der Waals surface area contributed by atoms with Gasteiger partial charge in [-0.1, -0.05) is 18.2 Å². The van der Waals surface area contributed by atoms with Gasteiger partial charge in [0.1, 0.15) is 12.3 Å². The molecule has 234 valence electrons. The standard InChI is InChI=1S/C30H27ClF3N7O4/c1-16(2)25-37-28-40(14-22(43)36-19-8-7-17(13-18(19)31)30(32,33)34)20-5-3-9-29(23(20)26(44)41(28)38-25)10-12-39(15-29)27(45)24-21(42)6-4-11-35-24/h4,6-8,11,13,42H,1,3,5,9-10,12,14-15H2,2H3,(H,36,43). The number of allylic oxidation sites excluding steroid dienone is 1. The highest BCUT2D eigenvalue weighted by Crippen LogP contribution is 2.43. The van der Waals surface area contributed by atoms with Crippen LogP contribution in [-0.4, -0.2) is 59.1 Å². The lowest BCUT2D eigenvalue weighted by atomic mass is 9.71. The Labute approximate surface area is 259 Å². The Hall–Kier alpha value is -4.72. The highest BCUT2D eigenvalue weighted by molar-refractivity contribution is 6.33. The molecule has 1 aromatic carbocycles. The van der Waals surface area contributed by atoms with Crippen molar-refractivity contribution >= 4 is 40.5 Å². The van der Waals surface area contributed by atoms with Crippen molar-refractivity contribution in [2.75, 3.05) is 18.4 Å². The first-order chi connectivity index (χ1) is 21.3. The van der Waals surface area contributed by atoms with E-state index in [0.29, 0.717) is 49.1 Å². The van der Waals surface area contributed by atoms with Crippen LogP contribution in [0.4, 0.5) is 18.9 Å². The lowest BCUT2D eigenvalue weighted by Crippen LogP contribution is -2.44. The van der Waals surface area contributed by atoms with Crippen molar-refractivity contribution in [1.29, 1.82) is 0 Å². The maximum Gasteiger partial charge on any atom is 0.416 e. The summed E-state index contributed by atoms with van der Waals surface area (Å²) < 4.78 is 42.1. The number of anilines is 1. The van der Waals surface area contributed by atoms with Crippen LogP contribution in [0, 0.1) is 0 Å². The molecule has 2 aliphatic rings. The van der Waals surface area contributed by atoms with Crippen LogP contribution in [0.15, 0.2) is 47.9 Å². The van der Waals surface area contributed by atoms with E-state index < -0.39 is 34.5 Å². The number of benzene rings is 1. The number of alkyl halides is 3. The van der Waals surface area contributed by atoms with Gasteiger partial charge in [0, 0.05) is 36.0 Å². The largest absolute Gasteiger partial charge is 0.505 e. The number of aromatic nitrogens is 5. The van der Waals surface area contributed by atoms with Crippen molar-refractivity contribution in [3.05, 3.63) is 86.8 Å². The van der Waals surface area contributed by atoms with Gasteiger partial charge in [0.2, 0.25) is 11.7 Å². The molecule has 0 saturated carbocycles. The fourth-order valence-electron chi connectivity index (χ4n) is 6.25. The van der Waals surface area contributed by atoms with Crippen LogP contribution in [0.2, 0.25) is 5.02 Å². The fraction of sp³-hybridized carbons (Fsp3) is 0.333. The number of fused-ring (bicyclic) bond motifs is 3. The zero-order valence-corrected chi connectivity index (χ0v) is 24.7. The normalized spacial score (nSPS) is 17.9. The molecule has 1 aliphatic carbocycles. The van der Waals surface area contributed by atoms with Crippen molar-refractivity contribution in [2.45, 2.75) is 50.7 Å². The van der Waals surface area contributed by atoms with E-state index in [2.05, 4.69) is 27.0 Å². The van der Waals surface area contributed by atoms with Gasteiger partial charge in [-0.25, -0.2) is 4.98 Å². The molecule has 3 aromatic heterocycles. The maximum atomic E-state index is 14.1. The molecule has 4 aromatic rings. The van der Waals surface area contributed by atoms with Crippen molar-refractivity contribution in [2.24, 2.45) is 0 Å². The molecule has 1 fully saturated rings. The SMILES string of the molecule is C=C(C)c1nc2n(CC(=O)Nc3ccc(C(F)(F)F)cc3Cl)c3c(c(=O)n2n1)C1(CCC3)CCN(C(=O)c2ncccc2O)C1. The minimum absolute atomic E-state index is 0.0103. The second-order valence-electron chi connectivity index (χ2n) is 11.4. The molecule has 1 aliphatic heterocycles. The minimum atomic E-state index is -4.60. The molecule has 2 N–H and O–H groups in total. The monoisotopic (exact) mass is 641 g/mol. The van der Waals surface area contributed by atoms with Gasteiger partial charge < -0.3 is 19.9 Å². The number of nitrogens with zero attached hydrogens (tertiary/aromatic N) is 6. The lowest BCUT2D eigenvalue weighted by Gasteiger charge is -2.36. The van der Waals surface area contributed by atoms with Crippen LogP contribution in [0.25, 0.3) is 11.4 Å². The lowest BCUT2D eigenvalue weighted by molar-refractivity contribution is -0.137. The summed E-state index contributed by atoms with van der Waals surface area (Å²) in [7, 11) is 0. The van der Waals surface area contributed by atoms with E-state index in [1.807, 2.05) is 0 Å². The van der Waals surface area contributed by atoms with Gasteiger partial charge in [-0.15, -0.1) is 5.10 Å². The molecule has 45 heavy (non-hydrogen) atoms. The number of rotatable bonds is 5. The van der Waals surface area contributed by atoms with E-state index in [1.165, 1.54) is 18.3 Å². The number of nitrogens with one attached hydrogen (secondary N) is 1. The quantitative estimate of drug-likeness (QED) is 0.329. The van der Waals surface area contributed by atoms with E-state index in [4.69, 9.17) is 11.6 Å². The van der Waals surface area contributed by atoms with Crippen LogP contribution in [0.3, 0.4) is 0 Å². The second-order valence-corrected chi connectivity index (χ2v) is 11.8. The molecule has 1 atom stereocenters. The van der Waals surface area contributed by atoms with Crippen LogP contribution in [0.1, 0.15) is 59.3 Å². The zero-order valence-electron chi connectivity index (χ0n) is 24.0. The summed E-state index contributed by atoms with van der Waals surface area (Å²) in [6, 6.07) is 5.52. The number of hydrogen-bond acceptors (Lipinski definition) is 7. The molecule has 2 amide bonds. The highest BCUT2D eigenvalue weighted by Gasteiger charge is 2.47. The Morgan fingerprint density at radius 3 is 2.69 bits per heavy atom. The number of aromatic hydroxyl groups is 1. The summed E-state index contributed by atoms with van der Waals surface area (Å²) in [5.74, 6) is -1.01.